The van der Waals surface area contributed by atoms with Gasteiger partial charge in [0.1, 0.15) is 12.6 Å². The molecule has 1 atom stereocenters. The first-order valence-electron chi connectivity index (χ1n) is 20.3. The van der Waals surface area contributed by atoms with Crippen LogP contribution in [0.4, 0.5) is 0 Å². The highest BCUT2D eigenvalue weighted by Crippen LogP contribution is 2.19. The smallest absolute Gasteiger partial charge is 0.322 e. The Bertz CT molecular complexity index is 737. The minimum Gasteiger partial charge on any atom is -0.480 e. The second-order valence-corrected chi connectivity index (χ2v) is 13.9. The predicted octanol–water partition coefficient (Wildman–Crippen LogP) is 12.2. The molecule has 0 rings (SSSR count). The molecule has 0 aliphatic heterocycles. The average Bonchev–Trinajstić information content (AvgIpc) is 3.05. The number of ether oxygens (including phenoxy) is 1. The Kier molecular flexibility index (Phi) is 35.5. The molecular formula is C41H77NO5. The van der Waals surface area contributed by atoms with Crippen molar-refractivity contribution >= 4 is 17.8 Å². The van der Waals surface area contributed by atoms with Gasteiger partial charge in [0.2, 0.25) is 5.91 Å². The molecule has 0 bridgehead atoms. The van der Waals surface area contributed by atoms with Gasteiger partial charge in [-0.2, -0.15) is 0 Å². The van der Waals surface area contributed by atoms with Gasteiger partial charge in [0.05, 0.1) is 0 Å². The van der Waals surface area contributed by atoms with E-state index in [1.54, 1.807) is 0 Å². The van der Waals surface area contributed by atoms with Crippen molar-refractivity contribution in [2.75, 3.05) is 6.54 Å². The third-order valence-corrected chi connectivity index (χ3v) is 9.19. The van der Waals surface area contributed by atoms with Gasteiger partial charge >= 0.3 is 11.9 Å². The lowest BCUT2D eigenvalue weighted by Crippen LogP contribution is -2.28. The van der Waals surface area contributed by atoms with Crippen LogP contribution in [0.3, 0.4) is 0 Å². The van der Waals surface area contributed by atoms with Gasteiger partial charge in [-0.05, 0) is 64.2 Å². The van der Waals surface area contributed by atoms with E-state index in [-0.39, 0.29) is 24.5 Å². The van der Waals surface area contributed by atoms with E-state index in [2.05, 4.69) is 31.3 Å². The molecule has 0 aliphatic carbocycles. The van der Waals surface area contributed by atoms with Crippen LogP contribution < -0.4 is 5.32 Å². The number of nitrogens with one attached hydrogen (secondary N) is 1. The van der Waals surface area contributed by atoms with Gasteiger partial charge in [-0.1, -0.05) is 154 Å². The van der Waals surface area contributed by atoms with Crippen LogP contribution in [0.25, 0.3) is 0 Å². The van der Waals surface area contributed by atoms with E-state index in [0.717, 1.165) is 64.2 Å². The fourth-order valence-electron chi connectivity index (χ4n) is 6.16. The quantitative estimate of drug-likeness (QED) is 0.0392. The molecule has 0 heterocycles. The molecule has 1 unspecified atom stereocenters. The molecule has 0 radical (unpaired) electrons. The number of carbonyl (C=O) groups excluding carboxylic acids is 2. The summed E-state index contributed by atoms with van der Waals surface area (Å²) >= 11 is 0. The highest BCUT2D eigenvalue weighted by molar-refractivity contribution is 5.80. The van der Waals surface area contributed by atoms with Crippen LogP contribution >= 0.6 is 0 Å². The van der Waals surface area contributed by atoms with Crippen LogP contribution in [-0.4, -0.2) is 35.6 Å². The average molecular weight is 664 g/mol. The largest absolute Gasteiger partial charge is 0.480 e. The third-order valence-electron chi connectivity index (χ3n) is 9.19. The van der Waals surface area contributed by atoms with E-state index in [4.69, 9.17) is 9.84 Å². The lowest BCUT2D eigenvalue weighted by atomic mass is 10.0. The van der Waals surface area contributed by atoms with Crippen LogP contribution in [0.15, 0.2) is 12.2 Å². The fourth-order valence-corrected chi connectivity index (χ4v) is 6.16. The minimum atomic E-state index is -1.02. The summed E-state index contributed by atoms with van der Waals surface area (Å²) in [5.74, 6) is -1.23. The van der Waals surface area contributed by atoms with E-state index in [1.165, 1.54) is 128 Å². The Labute approximate surface area is 291 Å². The number of esters is 1. The number of allylic oxidation sites excluding steroid dienone is 2. The number of amides is 1. The summed E-state index contributed by atoms with van der Waals surface area (Å²) in [6, 6.07) is 0. The summed E-state index contributed by atoms with van der Waals surface area (Å²) in [7, 11) is 0. The van der Waals surface area contributed by atoms with E-state index < -0.39 is 5.97 Å². The zero-order chi connectivity index (χ0) is 34.5. The monoisotopic (exact) mass is 664 g/mol. The number of aliphatic carboxylic acids is 1. The molecule has 0 saturated heterocycles. The Morgan fingerprint density at radius 3 is 1.36 bits per heavy atom. The molecule has 47 heavy (non-hydrogen) atoms. The number of carbonyl (C=O) groups is 3. The third kappa shape index (κ3) is 36.8. The van der Waals surface area contributed by atoms with E-state index in [1.807, 2.05) is 0 Å². The highest BCUT2D eigenvalue weighted by Gasteiger charge is 2.14. The Morgan fingerprint density at radius 1 is 0.532 bits per heavy atom. The fraction of sp³-hybridized carbons (Fsp3) is 0.878. The predicted molar refractivity (Wildman–Crippen MR) is 199 cm³/mol. The van der Waals surface area contributed by atoms with Crippen LogP contribution in [0, 0.1) is 0 Å². The highest BCUT2D eigenvalue weighted by atomic mass is 16.5. The molecule has 0 aromatic carbocycles. The van der Waals surface area contributed by atoms with Crippen molar-refractivity contribution in [3.63, 3.8) is 0 Å². The number of carboxylic acids is 1. The summed E-state index contributed by atoms with van der Waals surface area (Å²) in [6.07, 6.45) is 42.0. The molecule has 0 spiro atoms. The maximum absolute atomic E-state index is 12.6. The minimum absolute atomic E-state index is 0.0191. The van der Waals surface area contributed by atoms with Crippen LogP contribution in [0.5, 0.6) is 0 Å². The van der Waals surface area contributed by atoms with Gasteiger partial charge in [0.25, 0.3) is 0 Å². The first-order chi connectivity index (χ1) is 23.0. The molecule has 0 aromatic rings. The van der Waals surface area contributed by atoms with Crippen molar-refractivity contribution in [3.8, 4) is 0 Å². The normalized spacial score (nSPS) is 12.0. The van der Waals surface area contributed by atoms with Crippen LogP contribution in [0.2, 0.25) is 0 Å². The Hall–Kier alpha value is -1.85. The summed E-state index contributed by atoms with van der Waals surface area (Å²) in [5, 5.41) is 11.0. The molecule has 6 heteroatoms. The lowest BCUT2D eigenvalue weighted by molar-refractivity contribution is -0.150. The van der Waals surface area contributed by atoms with Gasteiger partial charge in [0, 0.05) is 12.8 Å². The zero-order valence-corrected chi connectivity index (χ0v) is 31.1. The number of hydrogen-bond acceptors (Lipinski definition) is 4. The topological polar surface area (TPSA) is 92.7 Å². The maximum Gasteiger partial charge on any atom is 0.322 e. The maximum atomic E-state index is 12.6. The van der Waals surface area contributed by atoms with Crippen LogP contribution in [0.1, 0.15) is 219 Å². The lowest BCUT2D eigenvalue weighted by Gasteiger charge is -2.18. The summed E-state index contributed by atoms with van der Waals surface area (Å²) in [4.78, 5) is 34.8. The van der Waals surface area contributed by atoms with Crippen molar-refractivity contribution < 1.29 is 24.2 Å². The molecule has 0 aliphatic rings. The Balaban J connectivity index is 3.90. The summed E-state index contributed by atoms with van der Waals surface area (Å²) < 4.78 is 5.98. The molecule has 2 N–H and O–H groups in total. The van der Waals surface area contributed by atoms with E-state index in [9.17, 15) is 14.4 Å². The van der Waals surface area contributed by atoms with Crippen molar-refractivity contribution in [2.45, 2.75) is 225 Å². The molecule has 6 nitrogen and oxygen atoms in total. The SMILES string of the molecule is CCCCCCCC/C=C\CCCCCCCCCCCC(=O)OC(CCCCCCCC)CCCCCCCC(=O)NCC(=O)O. The second-order valence-electron chi connectivity index (χ2n) is 13.9. The van der Waals surface area contributed by atoms with Crippen molar-refractivity contribution in [1.82, 2.24) is 5.32 Å². The van der Waals surface area contributed by atoms with Gasteiger partial charge in [-0.25, -0.2) is 0 Å². The standard InChI is InChI=1S/C41H77NO5/c1-3-5-7-9-11-12-13-14-15-16-17-18-19-20-21-22-23-28-32-36-41(46)47-38(33-29-25-10-8-6-4-2)34-30-26-24-27-31-35-39(43)42-37-40(44)45/h14-15,38H,3-13,16-37H2,1-2H3,(H,42,43)(H,44,45)/b15-14-. The van der Waals surface area contributed by atoms with E-state index in [0.29, 0.717) is 12.8 Å². The van der Waals surface area contributed by atoms with Crippen molar-refractivity contribution in [1.29, 1.82) is 0 Å². The van der Waals surface area contributed by atoms with Crippen LogP contribution in [-0.2, 0) is 19.1 Å². The zero-order valence-electron chi connectivity index (χ0n) is 31.1. The molecule has 0 fully saturated rings. The first kappa shape index (κ1) is 45.2. The summed E-state index contributed by atoms with van der Waals surface area (Å²) in [6.45, 7) is 4.20. The number of carboxylic acid groups (broad SMARTS) is 1. The molecule has 276 valence electrons. The molecule has 0 aromatic heterocycles. The van der Waals surface area contributed by atoms with Crippen molar-refractivity contribution in [2.24, 2.45) is 0 Å². The van der Waals surface area contributed by atoms with Gasteiger partial charge in [0.15, 0.2) is 0 Å². The molecular weight excluding hydrogens is 586 g/mol. The Morgan fingerprint density at radius 2 is 0.915 bits per heavy atom. The van der Waals surface area contributed by atoms with Crippen molar-refractivity contribution in [3.05, 3.63) is 12.2 Å². The number of rotatable bonds is 37. The van der Waals surface area contributed by atoms with Gasteiger partial charge in [-0.3, -0.25) is 14.4 Å². The molecule has 1 amide bonds. The number of unbranched alkanes of at least 4 members (excludes halogenated alkanes) is 24. The van der Waals surface area contributed by atoms with Gasteiger partial charge < -0.3 is 15.2 Å². The van der Waals surface area contributed by atoms with Gasteiger partial charge in [-0.15, -0.1) is 0 Å². The molecule has 0 saturated carbocycles. The van der Waals surface area contributed by atoms with E-state index >= 15 is 0 Å². The number of hydrogen-bond donors (Lipinski definition) is 2. The first-order valence-corrected chi connectivity index (χ1v) is 20.3. The summed E-state index contributed by atoms with van der Waals surface area (Å²) in [5.41, 5.74) is 0. The second kappa shape index (κ2) is 37.0.